The van der Waals surface area contributed by atoms with E-state index in [0.29, 0.717) is 58.0 Å². The average Bonchev–Trinajstić information content (AvgIpc) is 3.95. The van der Waals surface area contributed by atoms with Crippen molar-refractivity contribution in [2.75, 3.05) is 47.6 Å². The lowest BCUT2D eigenvalue weighted by atomic mass is 9.85. The van der Waals surface area contributed by atoms with Crippen molar-refractivity contribution in [2.24, 2.45) is 11.8 Å². The number of benzene rings is 1. The van der Waals surface area contributed by atoms with Crippen LogP contribution in [0, 0.1) is 11.8 Å². The molecule has 342 valence electrons. The Hall–Kier alpha value is -3.35. The fourth-order valence-electron chi connectivity index (χ4n) is 9.12. The van der Waals surface area contributed by atoms with Crippen molar-refractivity contribution in [1.29, 1.82) is 0 Å². The van der Waals surface area contributed by atoms with Crippen LogP contribution in [0.4, 0.5) is 4.39 Å². The van der Waals surface area contributed by atoms with Crippen LogP contribution < -0.4 is 0 Å². The molecule has 0 aliphatic carbocycles. The molecule has 61 heavy (non-hydrogen) atoms. The van der Waals surface area contributed by atoms with Gasteiger partial charge in [-0.3, -0.25) is 4.79 Å². The number of ether oxygens (including phenoxy) is 4. The first-order valence-corrected chi connectivity index (χ1v) is 22.0. The maximum absolute atomic E-state index is 14.6. The largest absolute Gasteiger partial charge is 0.459 e. The highest BCUT2D eigenvalue weighted by atomic mass is 19.1. The van der Waals surface area contributed by atoms with Gasteiger partial charge < -0.3 is 48.6 Å². The summed E-state index contributed by atoms with van der Waals surface area (Å²) in [5.41, 5.74) is 0.489. The van der Waals surface area contributed by atoms with Gasteiger partial charge in [0.05, 0.1) is 36.1 Å². The zero-order valence-electron chi connectivity index (χ0n) is 37.7. The summed E-state index contributed by atoms with van der Waals surface area (Å²) in [6.07, 6.45) is 6.04. The fourth-order valence-corrected chi connectivity index (χ4v) is 9.12. The van der Waals surface area contributed by atoms with Crippen molar-refractivity contribution in [1.82, 2.24) is 30.0 Å². The lowest BCUT2D eigenvalue weighted by molar-refractivity contribution is -0.225. The van der Waals surface area contributed by atoms with Crippen molar-refractivity contribution in [3.63, 3.8) is 0 Å². The molecule has 3 aromatic rings. The van der Waals surface area contributed by atoms with Crippen LogP contribution in [0.25, 0.3) is 11.1 Å². The molecule has 2 aromatic heterocycles. The first-order valence-electron chi connectivity index (χ1n) is 22.0. The summed E-state index contributed by atoms with van der Waals surface area (Å²) in [5.74, 6) is -0.874. The van der Waals surface area contributed by atoms with E-state index in [-0.39, 0.29) is 24.7 Å². The molecule has 0 saturated carbocycles. The Bertz CT molecular complexity index is 1760. The second-order valence-electron chi connectivity index (χ2n) is 18.2. The smallest absolute Gasteiger partial charge is 0.309 e. The van der Waals surface area contributed by atoms with Gasteiger partial charge in [0.15, 0.2) is 6.29 Å². The number of aliphatic hydroxyl groups is 3. The number of esters is 1. The summed E-state index contributed by atoms with van der Waals surface area (Å²) in [5, 5.41) is 47.4. The summed E-state index contributed by atoms with van der Waals surface area (Å²) < 4.78 is 45.4. The number of nitrogens with zero attached hydrogens (tertiary/aromatic N) is 6. The van der Waals surface area contributed by atoms with Crippen molar-refractivity contribution >= 4 is 5.97 Å². The predicted molar refractivity (Wildman–Crippen MR) is 227 cm³/mol. The maximum atomic E-state index is 14.6. The van der Waals surface area contributed by atoms with E-state index in [1.807, 2.05) is 57.0 Å². The number of aliphatic hydroxyl groups excluding tert-OH is 1. The summed E-state index contributed by atoms with van der Waals surface area (Å²) >= 11 is 0. The van der Waals surface area contributed by atoms with E-state index in [1.54, 1.807) is 37.4 Å². The van der Waals surface area contributed by atoms with Gasteiger partial charge in [-0.05, 0) is 90.4 Å². The molecule has 0 spiro atoms. The summed E-state index contributed by atoms with van der Waals surface area (Å²) in [6, 6.07) is 6.64. The monoisotopic (exact) mass is 859 g/mol. The molecular formula is C45H71FN6O9. The van der Waals surface area contributed by atoms with Gasteiger partial charge in [0.2, 0.25) is 0 Å². The van der Waals surface area contributed by atoms with E-state index >= 15 is 0 Å². The molecule has 2 aliphatic rings. The van der Waals surface area contributed by atoms with Gasteiger partial charge in [0.25, 0.3) is 0 Å². The molecule has 2 fully saturated rings. The van der Waals surface area contributed by atoms with Crippen LogP contribution >= 0.6 is 0 Å². The predicted octanol–water partition coefficient (Wildman–Crippen LogP) is 5.55. The van der Waals surface area contributed by atoms with E-state index < -0.39 is 66.4 Å². The molecule has 15 nitrogen and oxygen atoms in total. The van der Waals surface area contributed by atoms with Crippen LogP contribution in [0.1, 0.15) is 110 Å². The molecule has 3 N–H and O–H groups in total. The molecule has 0 unspecified atom stereocenters. The number of likely N-dealkylation sites (N-methyl/N-ethyl adjacent to an activating group) is 2. The minimum absolute atomic E-state index is 0.0156. The van der Waals surface area contributed by atoms with Crippen LogP contribution in [-0.4, -0.2) is 147 Å². The van der Waals surface area contributed by atoms with Gasteiger partial charge in [-0.1, -0.05) is 55.4 Å². The minimum atomic E-state index is -1.65. The number of cyclic esters (lactones) is 1. The van der Waals surface area contributed by atoms with Gasteiger partial charge in [-0.2, -0.15) is 0 Å². The minimum Gasteiger partial charge on any atom is -0.459 e. The zero-order chi connectivity index (χ0) is 44.5. The van der Waals surface area contributed by atoms with E-state index in [9.17, 15) is 24.5 Å². The number of aromatic nitrogens is 4. The first kappa shape index (κ1) is 48.7. The Kier molecular flexibility index (Phi) is 17.4. The molecule has 12 atom stereocenters. The molecule has 1 aromatic carbocycles. The zero-order valence-corrected chi connectivity index (χ0v) is 37.7. The molecule has 2 saturated heterocycles. The van der Waals surface area contributed by atoms with Crippen LogP contribution in [0.5, 0.6) is 0 Å². The standard InChI is InChI=1S/C45H71FN6O9/c1-10-39-44(6,55)42(53)32(5)51(8)25-29(2)22-45(56,18-11-12-30(3)43(54)61-39)28-58-40-21-37(20-31(4)60-40)50(7)19-17-36-26-52(49-48-36)38(23-46)41(57-9)34-15-13-33(14-16-34)35-24-47-59-27-35/h13-16,24,26-27,29-32,37-42,53,55-56H,10-12,17-23,25,28H2,1-9H3/t29-,30-,31-,32-,37+,38-,39-,40-,41-,42-,44-,45+/m1/s1. The normalized spacial score (nSPS) is 32.5. The Balaban J connectivity index is 1.18. The molecule has 4 heterocycles. The third-order valence-electron chi connectivity index (χ3n) is 13.0. The Morgan fingerprint density at radius 3 is 2.51 bits per heavy atom. The van der Waals surface area contributed by atoms with Gasteiger partial charge >= 0.3 is 5.97 Å². The van der Waals surface area contributed by atoms with E-state index in [0.717, 1.165) is 28.8 Å². The van der Waals surface area contributed by atoms with Crippen LogP contribution in [-0.2, 0) is 30.2 Å². The highest BCUT2D eigenvalue weighted by Crippen LogP contribution is 2.34. The van der Waals surface area contributed by atoms with E-state index in [1.165, 1.54) is 6.92 Å². The number of hydrogen-bond donors (Lipinski definition) is 3. The third kappa shape index (κ3) is 12.6. The van der Waals surface area contributed by atoms with Crippen LogP contribution in [0.2, 0.25) is 0 Å². The Labute approximate surface area is 360 Å². The Morgan fingerprint density at radius 1 is 1.11 bits per heavy atom. The maximum Gasteiger partial charge on any atom is 0.309 e. The summed E-state index contributed by atoms with van der Waals surface area (Å²) in [6.45, 7) is 11.7. The molecule has 5 rings (SSSR count). The molecule has 16 heteroatoms. The molecular weight excluding hydrogens is 788 g/mol. The number of carbonyl (C=O) groups is 1. The third-order valence-corrected chi connectivity index (χ3v) is 13.0. The number of carbonyl (C=O) groups excluding carboxylic acids is 1. The molecule has 0 radical (unpaired) electrons. The molecule has 2 aliphatic heterocycles. The highest BCUT2D eigenvalue weighted by Gasteiger charge is 2.45. The average molecular weight is 859 g/mol. The number of hydrogen-bond acceptors (Lipinski definition) is 14. The van der Waals surface area contributed by atoms with Gasteiger partial charge in [0.1, 0.15) is 42.9 Å². The number of rotatable bonds is 14. The lowest BCUT2D eigenvalue weighted by Crippen LogP contribution is -2.59. The topological polar surface area (TPSA) is 178 Å². The van der Waals surface area contributed by atoms with Crippen LogP contribution in [0.15, 0.2) is 47.4 Å². The van der Waals surface area contributed by atoms with Gasteiger partial charge in [-0.25, -0.2) is 9.07 Å². The van der Waals surface area contributed by atoms with Crippen molar-refractivity contribution < 1.29 is 48.0 Å². The Morgan fingerprint density at radius 2 is 1.85 bits per heavy atom. The van der Waals surface area contributed by atoms with Gasteiger partial charge in [0, 0.05) is 56.9 Å². The fraction of sp³-hybridized carbons (Fsp3) is 0.733. The molecule has 0 amide bonds. The summed E-state index contributed by atoms with van der Waals surface area (Å²) in [4.78, 5) is 17.4. The number of methoxy groups -OCH3 is 1. The van der Waals surface area contributed by atoms with Crippen molar-refractivity contribution in [3.8, 4) is 11.1 Å². The lowest BCUT2D eigenvalue weighted by Gasteiger charge is -2.42. The van der Waals surface area contributed by atoms with E-state index in [2.05, 4.69) is 34.3 Å². The quantitative estimate of drug-likeness (QED) is 0.172. The second-order valence-corrected chi connectivity index (χ2v) is 18.2. The first-order chi connectivity index (χ1) is 29.0. The SMILES string of the molecule is CC[C@H]1OC(=O)[C@H](C)CCC[C@@](O)(CO[C@H]2C[C@@H](N(C)CCc3cn([C@H](CF)[C@H](OC)c4ccc(-c5cnoc5)cc4)nn3)C[C@@H](C)O2)C[C@@H](C)CN(C)[C@H](C)[C@@H](O)[C@]1(C)O. The van der Waals surface area contributed by atoms with Crippen molar-refractivity contribution in [2.45, 2.75) is 153 Å². The number of alkyl halides is 1. The van der Waals surface area contributed by atoms with Gasteiger partial charge in [-0.15, -0.1) is 5.10 Å². The highest BCUT2D eigenvalue weighted by molar-refractivity contribution is 5.72. The summed E-state index contributed by atoms with van der Waals surface area (Å²) in [7, 11) is 5.52. The second kappa shape index (κ2) is 21.8. The molecule has 0 bridgehead atoms. The van der Waals surface area contributed by atoms with Crippen molar-refractivity contribution in [3.05, 3.63) is 54.2 Å². The van der Waals surface area contributed by atoms with Crippen LogP contribution in [0.3, 0.4) is 0 Å². The van der Waals surface area contributed by atoms with E-state index in [4.69, 9.17) is 23.5 Å². The number of halogens is 1.